The van der Waals surface area contributed by atoms with Gasteiger partial charge in [0.15, 0.2) is 6.61 Å². The summed E-state index contributed by atoms with van der Waals surface area (Å²) in [5, 5.41) is 11.5. The number of nitrogens with two attached hydrogens (primary N) is 1. The van der Waals surface area contributed by atoms with Crippen molar-refractivity contribution in [2.75, 3.05) is 25.0 Å². The number of anilines is 2. The molecular formula is C40H33N7O8. The zero-order valence-electron chi connectivity index (χ0n) is 29.1. The van der Waals surface area contributed by atoms with E-state index in [4.69, 9.17) is 10.5 Å². The van der Waals surface area contributed by atoms with E-state index in [-0.39, 0.29) is 54.3 Å². The van der Waals surface area contributed by atoms with Crippen LogP contribution in [0.5, 0.6) is 5.75 Å². The Morgan fingerprint density at radius 1 is 0.855 bits per heavy atom. The summed E-state index contributed by atoms with van der Waals surface area (Å²) in [7, 11) is 0. The highest BCUT2D eigenvalue weighted by Gasteiger charge is 2.46. The molecule has 2 aliphatic rings. The topological polar surface area (TPSA) is 219 Å². The predicted molar refractivity (Wildman–Crippen MR) is 199 cm³/mol. The highest BCUT2D eigenvalue weighted by Crippen LogP contribution is 2.34. The lowest BCUT2D eigenvalue weighted by atomic mass is 10.0. The third-order valence-electron chi connectivity index (χ3n) is 9.18. The minimum absolute atomic E-state index is 0.000430. The van der Waals surface area contributed by atoms with Crippen LogP contribution < -0.4 is 31.7 Å². The number of benzene rings is 4. The van der Waals surface area contributed by atoms with Crippen molar-refractivity contribution in [3.8, 4) is 16.9 Å². The first kappa shape index (κ1) is 36.0. The zero-order chi connectivity index (χ0) is 38.6. The van der Waals surface area contributed by atoms with Crippen LogP contribution in [0.1, 0.15) is 54.3 Å². The van der Waals surface area contributed by atoms with E-state index in [0.717, 1.165) is 21.7 Å². The molecule has 1 aromatic heterocycles. The van der Waals surface area contributed by atoms with E-state index in [9.17, 15) is 33.6 Å². The number of hydrogen-bond donors (Lipinski definition) is 5. The molecule has 2 aliphatic heterocycles. The van der Waals surface area contributed by atoms with Gasteiger partial charge >= 0.3 is 0 Å². The number of para-hydroxylation sites is 1. The first-order valence-electron chi connectivity index (χ1n) is 17.3. The summed E-state index contributed by atoms with van der Waals surface area (Å²) in [5.41, 5.74) is 9.95. The Kier molecular flexibility index (Phi) is 9.99. The smallest absolute Gasteiger partial charge is 0.266 e. The van der Waals surface area contributed by atoms with Gasteiger partial charge in [-0.15, -0.1) is 0 Å². The molecule has 1 saturated heterocycles. The van der Waals surface area contributed by atoms with Crippen molar-refractivity contribution in [3.63, 3.8) is 0 Å². The fraction of sp³-hybridized carbons (Fsp3) is 0.150. The fourth-order valence-corrected chi connectivity index (χ4v) is 6.45. The van der Waals surface area contributed by atoms with Crippen molar-refractivity contribution in [3.05, 3.63) is 119 Å². The summed E-state index contributed by atoms with van der Waals surface area (Å²) in [4.78, 5) is 93.0. The van der Waals surface area contributed by atoms with Crippen LogP contribution in [0.4, 0.5) is 11.4 Å². The van der Waals surface area contributed by atoms with Crippen LogP contribution >= 0.6 is 0 Å². The van der Waals surface area contributed by atoms with Crippen LogP contribution in [0.25, 0.3) is 22.0 Å². The number of ether oxygens (including phenoxy) is 1. The number of nitrogens with one attached hydrogen (secondary N) is 4. The van der Waals surface area contributed by atoms with Gasteiger partial charge in [-0.05, 0) is 60.0 Å². The van der Waals surface area contributed by atoms with Crippen molar-refractivity contribution in [2.24, 2.45) is 5.73 Å². The molecule has 3 heterocycles. The summed E-state index contributed by atoms with van der Waals surface area (Å²) >= 11 is 0. The van der Waals surface area contributed by atoms with Crippen LogP contribution in [0.2, 0.25) is 0 Å². The highest BCUT2D eigenvalue weighted by molar-refractivity contribution is 6.24. The van der Waals surface area contributed by atoms with Crippen molar-refractivity contribution in [1.82, 2.24) is 25.8 Å². The van der Waals surface area contributed by atoms with Gasteiger partial charge in [-0.1, -0.05) is 48.5 Å². The van der Waals surface area contributed by atoms with Crippen molar-refractivity contribution < 1.29 is 38.3 Å². The molecule has 1 unspecified atom stereocenters. The molecule has 0 aliphatic carbocycles. The number of hydrogen-bond acceptors (Lipinski definition) is 10. The Balaban J connectivity index is 0.912. The van der Waals surface area contributed by atoms with E-state index in [1.807, 2.05) is 48.5 Å². The molecule has 276 valence electrons. The molecule has 1 atom stereocenters. The van der Waals surface area contributed by atoms with Gasteiger partial charge in [0.05, 0.1) is 27.9 Å². The first-order valence-corrected chi connectivity index (χ1v) is 17.3. The second-order valence-electron chi connectivity index (χ2n) is 12.7. The molecule has 0 saturated carbocycles. The summed E-state index contributed by atoms with van der Waals surface area (Å²) < 4.78 is 5.59. The van der Waals surface area contributed by atoms with E-state index in [1.54, 1.807) is 24.3 Å². The molecule has 15 heteroatoms. The van der Waals surface area contributed by atoms with Crippen LogP contribution in [-0.2, 0) is 14.4 Å². The molecule has 0 radical (unpaired) electrons. The second-order valence-corrected chi connectivity index (χ2v) is 12.7. The third-order valence-corrected chi connectivity index (χ3v) is 9.18. The number of fused-ring (bicyclic) bond motifs is 2. The highest BCUT2D eigenvalue weighted by atomic mass is 16.5. The maximum Gasteiger partial charge on any atom is 0.266 e. The molecular weight excluding hydrogens is 706 g/mol. The summed E-state index contributed by atoms with van der Waals surface area (Å²) in [6.45, 7) is -0.278. The van der Waals surface area contributed by atoms with E-state index < -0.39 is 48.1 Å². The molecule has 55 heavy (non-hydrogen) atoms. The van der Waals surface area contributed by atoms with Gasteiger partial charge in [-0.25, -0.2) is 0 Å². The molecule has 7 rings (SSSR count). The maximum absolute atomic E-state index is 13.2. The number of rotatable bonds is 12. The SMILES string of the molecule is NC(=O)c1cnc2cc(-c3ccc(C(=O)NCCNC(=O)COc4cccc5c4C(=O)N(C4CCC(=O)NC4=O)C5=O)cc3)ccc2c1Nc1ccccc1. The molecule has 7 amide bonds. The third kappa shape index (κ3) is 7.44. The van der Waals surface area contributed by atoms with E-state index in [0.29, 0.717) is 22.2 Å². The van der Waals surface area contributed by atoms with Gasteiger partial charge in [-0.2, -0.15) is 0 Å². The molecule has 4 aromatic carbocycles. The molecule has 5 aromatic rings. The Morgan fingerprint density at radius 3 is 2.35 bits per heavy atom. The average Bonchev–Trinajstić information content (AvgIpc) is 3.44. The van der Waals surface area contributed by atoms with E-state index >= 15 is 0 Å². The van der Waals surface area contributed by atoms with Crippen molar-refractivity contribution in [2.45, 2.75) is 18.9 Å². The summed E-state index contributed by atoms with van der Waals surface area (Å²) in [6.07, 6.45) is 1.45. The molecule has 15 nitrogen and oxygen atoms in total. The van der Waals surface area contributed by atoms with Crippen LogP contribution in [-0.4, -0.2) is 77.0 Å². The Bertz CT molecular complexity index is 2400. The molecule has 0 spiro atoms. The van der Waals surface area contributed by atoms with Gasteiger partial charge in [0.2, 0.25) is 11.8 Å². The largest absolute Gasteiger partial charge is 0.483 e. The van der Waals surface area contributed by atoms with Gasteiger partial charge in [0.25, 0.3) is 29.5 Å². The molecule has 0 bridgehead atoms. The lowest BCUT2D eigenvalue weighted by Crippen LogP contribution is -2.54. The normalized spacial score (nSPS) is 15.0. The number of pyridine rings is 1. The number of carbonyl (C=O) groups excluding carboxylic acids is 7. The van der Waals surface area contributed by atoms with Gasteiger partial charge in [0, 0.05) is 42.3 Å². The molecule has 1 fully saturated rings. The number of carbonyl (C=O) groups is 7. The number of amides is 7. The number of piperidine rings is 1. The first-order chi connectivity index (χ1) is 26.6. The summed E-state index contributed by atoms with van der Waals surface area (Å²) in [6, 6.07) is 25.2. The minimum atomic E-state index is -1.13. The van der Waals surface area contributed by atoms with Crippen molar-refractivity contribution in [1.29, 1.82) is 0 Å². The Morgan fingerprint density at radius 2 is 1.60 bits per heavy atom. The summed E-state index contributed by atoms with van der Waals surface area (Å²) in [5.74, 6) is -4.13. The zero-order valence-corrected chi connectivity index (χ0v) is 29.1. The minimum Gasteiger partial charge on any atom is -0.483 e. The monoisotopic (exact) mass is 739 g/mol. The molecule has 6 N–H and O–H groups in total. The number of nitrogens with zero attached hydrogens (tertiary/aromatic N) is 2. The number of imide groups is 2. The van der Waals surface area contributed by atoms with Gasteiger partial charge < -0.3 is 26.4 Å². The number of primary amides is 1. The predicted octanol–water partition coefficient (Wildman–Crippen LogP) is 3.07. The van der Waals surface area contributed by atoms with Crippen LogP contribution in [0.3, 0.4) is 0 Å². The van der Waals surface area contributed by atoms with Crippen LogP contribution in [0, 0.1) is 0 Å². The lowest BCUT2D eigenvalue weighted by molar-refractivity contribution is -0.136. The maximum atomic E-state index is 13.2. The van der Waals surface area contributed by atoms with Gasteiger partial charge in [0.1, 0.15) is 11.8 Å². The fourth-order valence-electron chi connectivity index (χ4n) is 6.45. The van der Waals surface area contributed by atoms with Crippen LogP contribution in [0.15, 0.2) is 97.2 Å². The van der Waals surface area contributed by atoms with E-state index in [1.165, 1.54) is 24.4 Å². The lowest BCUT2D eigenvalue weighted by Gasteiger charge is -2.27. The van der Waals surface area contributed by atoms with Gasteiger partial charge in [-0.3, -0.25) is 48.8 Å². The number of aromatic nitrogens is 1. The second kappa shape index (κ2) is 15.3. The quantitative estimate of drug-likeness (QED) is 0.0930. The standard InChI is InChI=1S/C40H33N7O8/c41-36(50)28-20-44-29-19-24(13-14-26(29)35(28)45-25-5-2-1-3-6-25)22-9-11-23(12-10-22)37(51)43-18-17-42-33(49)21-55-31-8-4-7-27-34(31)40(54)47(39(27)53)30-15-16-32(48)46-38(30)52/h1-14,19-20,30H,15-18,21H2,(H2,41,50)(H,42,49)(H,43,51)(H,44,45)(H,46,48,52). The van der Waals surface area contributed by atoms with Crippen molar-refractivity contribution >= 4 is 63.6 Å². The van der Waals surface area contributed by atoms with E-state index in [2.05, 4.69) is 26.3 Å². The average molecular weight is 740 g/mol. The Labute approximate surface area is 313 Å². The Hall–Kier alpha value is -7.42.